The summed E-state index contributed by atoms with van der Waals surface area (Å²) in [4.78, 5) is 9.24. The standard InChI is InChI=1S/C90H66N4/c1-7-19-79(20-8-1)91(80-21-9-2-10-22-80)85-55-43-73(44-56-85)67-31-37-70(38-32-67)76-49-61-88(62-50-76)94(89-63-51-77(52-64-89)71-39-33-68(34-40-71)74-45-57-86(58-46-74)92(81-23-11-3-12-24-81)82-25-13-4-14-26-82)90-65-53-78(54-66-90)72-41-35-69(36-42-72)75-47-59-87(60-48-75)93(83-27-15-5-16-28-83)84-29-17-6-18-30-84/h1-66H. The first kappa shape index (κ1) is 57.9. The average molecular weight is 1200 g/mol. The Morgan fingerprint density at radius 3 is 0.277 bits per heavy atom. The second kappa shape index (κ2) is 26.9. The summed E-state index contributed by atoms with van der Waals surface area (Å²) in [6.07, 6.45) is 0. The van der Waals surface area contributed by atoms with E-state index in [0.29, 0.717) is 0 Å². The van der Waals surface area contributed by atoms with Gasteiger partial charge in [0.2, 0.25) is 0 Å². The summed E-state index contributed by atoms with van der Waals surface area (Å²) in [5.74, 6) is 0. The number of nitrogens with zero attached hydrogens (tertiary/aromatic N) is 4. The average Bonchev–Trinajstić information content (AvgIpc) is 2.00. The van der Waals surface area contributed by atoms with Crippen LogP contribution in [0.4, 0.5) is 68.2 Å². The smallest absolute Gasteiger partial charge is 0.0462 e. The predicted octanol–water partition coefficient (Wildman–Crippen LogP) is 25.6. The molecule has 0 N–H and O–H groups in total. The van der Waals surface area contributed by atoms with Gasteiger partial charge in [-0.25, -0.2) is 0 Å². The minimum atomic E-state index is 1.07. The zero-order chi connectivity index (χ0) is 62.8. The van der Waals surface area contributed by atoms with Crippen LogP contribution in [0.1, 0.15) is 0 Å². The largest absolute Gasteiger partial charge is 0.311 e. The molecule has 0 heterocycles. The molecule has 15 rings (SSSR count). The second-order valence-corrected chi connectivity index (χ2v) is 23.4. The highest BCUT2D eigenvalue weighted by molar-refractivity contribution is 5.85. The Hall–Kier alpha value is -12.5. The fourth-order valence-corrected chi connectivity index (χ4v) is 12.6. The van der Waals surface area contributed by atoms with E-state index >= 15 is 0 Å². The molecular formula is C90H66N4. The lowest BCUT2D eigenvalue weighted by Gasteiger charge is -2.26. The molecule has 4 heteroatoms. The highest BCUT2D eigenvalue weighted by Crippen LogP contribution is 2.42. The van der Waals surface area contributed by atoms with Gasteiger partial charge in [0.05, 0.1) is 0 Å². The number of para-hydroxylation sites is 6. The van der Waals surface area contributed by atoms with Crippen LogP contribution in [-0.2, 0) is 0 Å². The molecule has 0 saturated heterocycles. The van der Waals surface area contributed by atoms with Crippen LogP contribution in [0.5, 0.6) is 0 Å². The Balaban J connectivity index is 0.685. The normalized spacial score (nSPS) is 11.0. The fourth-order valence-electron chi connectivity index (χ4n) is 12.6. The van der Waals surface area contributed by atoms with Gasteiger partial charge in [0.25, 0.3) is 0 Å². The molecule has 0 fully saturated rings. The number of hydrogen-bond donors (Lipinski definition) is 0. The molecule has 0 atom stereocenters. The van der Waals surface area contributed by atoms with Gasteiger partial charge < -0.3 is 19.6 Å². The van der Waals surface area contributed by atoms with E-state index in [-0.39, 0.29) is 0 Å². The van der Waals surface area contributed by atoms with Crippen LogP contribution in [0.15, 0.2) is 400 Å². The molecule has 0 aromatic heterocycles. The van der Waals surface area contributed by atoms with E-state index in [9.17, 15) is 0 Å². The monoisotopic (exact) mass is 1200 g/mol. The summed E-state index contributed by atoms with van der Waals surface area (Å²) in [5, 5.41) is 0. The number of anilines is 12. The highest BCUT2D eigenvalue weighted by atomic mass is 15.2. The van der Waals surface area contributed by atoms with Crippen LogP contribution in [-0.4, -0.2) is 0 Å². The summed E-state index contributed by atoms with van der Waals surface area (Å²) in [5.41, 5.74) is 27.2. The molecule has 446 valence electrons. The maximum absolute atomic E-state index is 2.35. The van der Waals surface area contributed by atoms with Crippen LogP contribution in [0.2, 0.25) is 0 Å². The van der Waals surface area contributed by atoms with Gasteiger partial charge in [-0.15, -0.1) is 0 Å². The zero-order valence-electron chi connectivity index (χ0n) is 51.9. The van der Waals surface area contributed by atoms with Crippen molar-refractivity contribution in [1.29, 1.82) is 0 Å². The third-order valence-electron chi connectivity index (χ3n) is 17.5. The SMILES string of the molecule is c1ccc(N(c2ccccc2)c2ccc(-c3ccc(-c4ccc(N(c5ccc(-c6ccc(-c7ccc(N(c8ccccc8)c8ccccc8)cc7)cc6)cc5)c5ccc(-c6ccc(-c7ccc(N(c8ccccc8)c8ccccc8)cc7)cc6)cc5)cc4)cc3)cc2)cc1. The Morgan fingerprint density at radius 2 is 0.170 bits per heavy atom. The molecule has 0 unspecified atom stereocenters. The van der Waals surface area contributed by atoms with Crippen molar-refractivity contribution >= 4 is 68.2 Å². The summed E-state index contributed by atoms with van der Waals surface area (Å²) >= 11 is 0. The molecule has 0 bridgehead atoms. The summed E-state index contributed by atoms with van der Waals surface area (Å²) in [6, 6.07) is 144. The summed E-state index contributed by atoms with van der Waals surface area (Å²) in [6.45, 7) is 0. The van der Waals surface area contributed by atoms with E-state index in [1.54, 1.807) is 0 Å². The van der Waals surface area contributed by atoms with Crippen LogP contribution in [0.25, 0.3) is 66.8 Å². The minimum Gasteiger partial charge on any atom is -0.311 e. The second-order valence-electron chi connectivity index (χ2n) is 23.4. The number of benzene rings is 15. The van der Waals surface area contributed by atoms with Crippen molar-refractivity contribution in [2.45, 2.75) is 0 Å². The summed E-state index contributed by atoms with van der Waals surface area (Å²) in [7, 11) is 0. The quantitative estimate of drug-likeness (QED) is 0.0849. The van der Waals surface area contributed by atoms with Gasteiger partial charge in [-0.2, -0.15) is 0 Å². The van der Waals surface area contributed by atoms with Crippen molar-refractivity contribution < 1.29 is 0 Å². The van der Waals surface area contributed by atoms with Crippen LogP contribution in [0.3, 0.4) is 0 Å². The first-order chi connectivity index (χ1) is 46.6. The molecule has 0 radical (unpaired) electrons. The van der Waals surface area contributed by atoms with Crippen molar-refractivity contribution in [1.82, 2.24) is 0 Å². The van der Waals surface area contributed by atoms with E-state index in [2.05, 4.69) is 420 Å². The topological polar surface area (TPSA) is 13.0 Å². The fraction of sp³-hybridized carbons (Fsp3) is 0. The molecule has 94 heavy (non-hydrogen) atoms. The van der Waals surface area contributed by atoms with E-state index in [1.165, 1.54) is 33.4 Å². The van der Waals surface area contributed by atoms with Crippen molar-refractivity contribution in [3.05, 3.63) is 400 Å². The Kier molecular flexibility index (Phi) is 16.6. The van der Waals surface area contributed by atoms with Gasteiger partial charge in [0.1, 0.15) is 0 Å². The van der Waals surface area contributed by atoms with E-state index in [1.807, 2.05) is 0 Å². The van der Waals surface area contributed by atoms with Crippen molar-refractivity contribution in [2.75, 3.05) is 19.6 Å². The molecule has 0 aliphatic heterocycles. The molecule has 0 saturated carbocycles. The van der Waals surface area contributed by atoms with Gasteiger partial charge >= 0.3 is 0 Å². The van der Waals surface area contributed by atoms with Crippen LogP contribution in [0, 0.1) is 0 Å². The third-order valence-corrected chi connectivity index (χ3v) is 17.5. The lowest BCUT2D eigenvalue weighted by atomic mass is 9.98. The van der Waals surface area contributed by atoms with Crippen molar-refractivity contribution in [3.8, 4) is 66.8 Å². The lowest BCUT2D eigenvalue weighted by Crippen LogP contribution is -2.09. The minimum absolute atomic E-state index is 1.07. The van der Waals surface area contributed by atoms with Gasteiger partial charge in [-0.1, -0.05) is 255 Å². The van der Waals surface area contributed by atoms with Crippen molar-refractivity contribution in [3.63, 3.8) is 0 Å². The van der Waals surface area contributed by atoms with Crippen LogP contribution >= 0.6 is 0 Å². The summed E-state index contributed by atoms with van der Waals surface area (Å²) < 4.78 is 0. The van der Waals surface area contributed by atoms with Gasteiger partial charge in [-0.3, -0.25) is 0 Å². The molecule has 0 spiro atoms. The van der Waals surface area contributed by atoms with Gasteiger partial charge in [0, 0.05) is 68.2 Å². The Labute approximate surface area is 551 Å². The third kappa shape index (κ3) is 12.6. The first-order valence-electron chi connectivity index (χ1n) is 32.0. The van der Waals surface area contributed by atoms with E-state index in [0.717, 1.165) is 102 Å². The predicted molar refractivity (Wildman–Crippen MR) is 398 cm³/mol. The maximum Gasteiger partial charge on any atom is 0.0462 e. The number of hydrogen-bond acceptors (Lipinski definition) is 4. The molecule has 0 aliphatic carbocycles. The van der Waals surface area contributed by atoms with E-state index in [4.69, 9.17) is 0 Å². The van der Waals surface area contributed by atoms with Crippen molar-refractivity contribution in [2.24, 2.45) is 0 Å². The van der Waals surface area contributed by atoms with Gasteiger partial charge in [0.15, 0.2) is 0 Å². The first-order valence-corrected chi connectivity index (χ1v) is 32.0. The van der Waals surface area contributed by atoms with Gasteiger partial charge in [-0.05, 0) is 212 Å². The van der Waals surface area contributed by atoms with Crippen LogP contribution < -0.4 is 19.6 Å². The lowest BCUT2D eigenvalue weighted by molar-refractivity contribution is 1.28. The Morgan fingerprint density at radius 1 is 0.0851 bits per heavy atom. The molecule has 15 aromatic carbocycles. The molecule has 0 aliphatic rings. The Bertz CT molecular complexity index is 4260. The highest BCUT2D eigenvalue weighted by Gasteiger charge is 2.18. The molecule has 15 aromatic rings. The van der Waals surface area contributed by atoms with E-state index < -0.39 is 0 Å². The zero-order valence-corrected chi connectivity index (χ0v) is 51.9. The maximum atomic E-state index is 2.35. The number of rotatable bonds is 18. The molecular weight excluding hydrogens is 1140 g/mol. The molecule has 4 nitrogen and oxygen atoms in total. The molecule has 0 amide bonds.